The number of rotatable bonds is 11. The second-order valence-electron chi connectivity index (χ2n) is 5.01. The molecule has 0 heterocycles. The fraction of sp³-hybridized carbons (Fsp3) is 0.857. The number of primary amides is 2. The summed E-state index contributed by atoms with van der Waals surface area (Å²) in [5.41, 5.74) is 10.1. The molecule has 5 nitrogen and oxygen atoms in total. The van der Waals surface area contributed by atoms with Crippen LogP contribution in [0.4, 0.5) is 9.59 Å². The minimum Gasteiger partial charge on any atom is -0.351 e. The van der Waals surface area contributed by atoms with Crippen LogP contribution in [0.5, 0.6) is 0 Å². The van der Waals surface area contributed by atoms with E-state index in [0.29, 0.717) is 6.54 Å². The maximum atomic E-state index is 10.9. The topological polar surface area (TPSA) is 89.4 Å². The van der Waals surface area contributed by atoms with E-state index in [1.165, 1.54) is 44.9 Å². The number of urea groups is 2. The van der Waals surface area contributed by atoms with Crippen molar-refractivity contribution in [3.05, 3.63) is 0 Å². The molecule has 4 amide bonds. The number of carbonyl (C=O) groups is 2. The largest absolute Gasteiger partial charge is 0.351 e. The van der Waals surface area contributed by atoms with Crippen LogP contribution >= 0.6 is 0 Å². The summed E-state index contributed by atoms with van der Waals surface area (Å²) < 4.78 is 0. The lowest BCUT2D eigenvalue weighted by molar-refractivity contribution is 0.196. The molecule has 19 heavy (non-hydrogen) atoms. The number of amides is 4. The van der Waals surface area contributed by atoms with Crippen molar-refractivity contribution in [2.75, 3.05) is 6.54 Å². The number of unbranched alkanes of at least 4 members (excludes halogenated alkanes) is 9. The lowest BCUT2D eigenvalue weighted by atomic mass is 10.1. The van der Waals surface area contributed by atoms with Gasteiger partial charge in [0.05, 0.1) is 0 Å². The van der Waals surface area contributed by atoms with Gasteiger partial charge in [-0.1, -0.05) is 64.7 Å². The molecular formula is C14H29N3O2. The molecule has 0 aliphatic rings. The summed E-state index contributed by atoms with van der Waals surface area (Å²) in [4.78, 5) is 22.7. The molecule has 0 aromatic heterocycles. The zero-order valence-corrected chi connectivity index (χ0v) is 12.2. The highest BCUT2D eigenvalue weighted by Gasteiger charge is 2.14. The van der Waals surface area contributed by atoms with Crippen LogP contribution in [0, 0.1) is 0 Å². The summed E-state index contributed by atoms with van der Waals surface area (Å²) in [6.45, 7) is 2.56. The van der Waals surface area contributed by atoms with Crippen molar-refractivity contribution in [1.29, 1.82) is 0 Å². The Morgan fingerprint density at radius 3 is 1.47 bits per heavy atom. The first-order valence-corrected chi connectivity index (χ1v) is 7.46. The lowest BCUT2D eigenvalue weighted by Gasteiger charge is -2.15. The van der Waals surface area contributed by atoms with E-state index < -0.39 is 12.1 Å². The molecule has 112 valence electrons. The minimum absolute atomic E-state index is 0.334. The number of carbonyl (C=O) groups excluding carboxylic acids is 2. The summed E-state index contributed by atoms with van der Waals surface area (Å²) in [6.07, 6.45) is 12.1. The third-order valence-corrected chi connectivity index (χ3v) is 3.27. The number of hydrogen-bond donors (Lipinski definition) is 2. The molecule has 0 aliphatic heterocycles. The van der Waals surface area contributed by atoms with Crippen molar-refractivity contribution in [3.63, 3.8) is 0 Å². The summed E-state index contributed by atoms with van der Waals surface area (Å²) in [5, 5.41) is 0. The molecule has 0 aromatic rings. The molecule has 0 bridgehead atoms. The van der Waals surface area contributed by atoms with Crippen LogP contribution in [0.3, 0.4) is 0 Å². The Hall–Kier alpha value is -1.26. The maximum Gasteiger partial charge on any atom is 0.322 e. The molecule has 0 aliphatic carbocycles. The van der Waals surface area contributed by atoms with Crippen molar-refractivity contribution in [2.45, 2.75) is 71.1 Å². The van der Waals surface area contributed by atoms with Gasteiger partial charge in [0, 0.05) is 6.54 Å². The van der Waals surface area contributed by atoms with E-state index in [1.54, 1.807) is 0 Å². The van der Waals surface area contributed by atoms with Crippen molar-refractivity contribution in [1.82, 2.24) is 4.90 Å². The normalized spacial score (nSPS) is 10.4. The number of nitrogens with two attached hydrogens (primary N) is 2. The molecular weight excluding hydrogens is 242 g/mol. The highest BCUT2D eigenvalue weighted by Crippen LogP contribution is 2.10. The average molecular weight is 271 g/mol. The van der Waals surface area contributed by atoms with Crippen LogP contribution in [0.25, 0.3) is 0 Å². The zero-order chi connectivity index (χ0) is 14.5. The van der Waals surface area contributed by atoms with Gasteiger partial charge >= 0.3 is 12.1 Å². The summed E-state index contributed by atoms with van der Waals surface area (Å²) >= 11 is 0. The van der Waals surface area contributed by atoms with E-state index in [2.05, 4.69) is 6.92 Å². The molecule has 0 fully saturated rings. The number of hydrogen-bond acceptors (Lipinski definition) is 2. The molecule has 0 atom stereocenters. The second kappa shape index (κ2) is 11.8. The van der Waals surface area contributed by atoms with Crippen LogP contribution in [0.15, 0.2) is 0 Å². The Morgan fingerprint density at radius 2 is 1.11 bits per heavy atom. The Bertz CT molecular complexity index is 243. The van der Waals surface area contributed by atoms with Gasteiger partial charge in [0.1, 0.15) is 0 Å². The Labute approximate surface area is 116 Å². The van der Waals surface area contributed by atoms with E-state index in [4.69, 9.17) is 11.5 Å². The Balaban J connectivity index is 3.35. The molecule has 0 rings (SSSR count). The zero-order valence-electron chi connectivity index (χ0n) is 12.2. The van der Waals surface area contributed by atoms with Crippen molar-refractivity contribution in [3.8, 4) is 0 Å². The SMILES string of the molecule is CCCCCCCCCCCCN(C(N)=O)C(N)=O. The van der Waals surface area contributed by atoms with E-state index in [0.717, 1.165) is 24.2 Å². The van der Waals surface area contributed by atoms with Crippen LogP contribution in [-0.4, -0.2) is 23.5 Å². The monoisotopic (exact) mass is 271 g/mol. The second-order valence-corrected chi connectivity index (χ2v) is 5.01. The highest BCUT2D eigenvalue weighted by molar-refractivity contribution is 5.91. The van der Waals surface area contributed by atoms with E-state index in [9.17, 15) is 9.59 Å². The molecule has 5 heteroatoms. The van der Waals surface area contributed by atoms with Crippen molar-refractivity contribution < 1.29 is 9.59 Å². The van der Waals surface area contributed by atoms with E-state index in [1.807, 2.05) is 0 Å². The van der Waals surface area contributed by atoms with Crippen molar-refractivity contribution >= 4 is 12.1 Å². The molecule has 0 aromatic carbocycles. The quantitative estimate of drug-likeness (QED) is 0.564. The third-order valence-electron chi connectivity index (χ3n) is 3.27. The number of nitrogens with zero attached hydrogens (tertiary/aromatic N) is 1. The van der Waals surface area contributed by atoms with Gasteiger partial charge in [-0.2, -0.15) is 0 Å². The first-order valence-electron chi connectivity index (χ1n) is 7.46. The van der Waals surface area contributed by atoms with Gasteiger partial charge in [0.25, 0.3) is 0 Å². The molecule has 0 spiro atoms. The van der Waals surface area contributed by atoms with Gasteiger partial charge in [0.2, 0.25) is 0 Å². The fourth-order valence-electron chi connectivity index (χ4n) is 2.09. The molecule has 0 radical (unpaired) electrons. The predicted molar refractivity (Wildman–Crippen MR) is 77.7 cm³/mol. The van der Waals surface area contributed by atoms with Crippen LogP contribution in [-0.2, 0) is 0 Å². The Morgan fingerprint density at radius 1 is 0.737 bits per heavy atom. The van der Waals surface area contributed by atoms with Gasteiger partial charge < -0.3 is 11.5 Å². The van der Waals surface area contributed by atoms with Gasteiger partial charge in [0.15, 0.2) is 0 Å². The first kappa shape index (κ1) is 17.7. The van der Waals surface area contributed by atoms with Gasteiger partial charge in [-0.05, 0) is 6.42 Å². The summed E-state index contributed by atoms with van der Waals surface area (Å²) in [5.74, 6) is 0. The smallest absolute Gasteiger partial charge is 0.322 e. The lowest BCUT2D eigenvalue weighted by Crippen LogP contribution is -2.44. The summed E-state index contributed by atoms with van der Waals surface area (Å²) in [7, 11) is 0. The van der Waals surface area contributed by atoms with E-state index in [-0.39, 0.29) is 0 Å². The molecule has 0 saturated carbocycles. The standard InChI is InChI=1S/C14H29N3O2/c1-2-3-4-5-6-7-8-9-10-11-12-17(13(15)18)14(16)19/h2-12H2,1H3,(H2,15,18)(H2,16,19). The molecule has 0 saturated heterocycles. The van der Waals surface area contributed by atoms with Crippen LogP contribution in [0.1, 0.15) is 71.1 Å². The van der Waals surface area contributed by atoms with Gasteiger partial charge in [-0.25, -0.2) is 14.5 Å². The van der Waals surface area contributed by atoms with E-state index >= 15 is 0 Å². The van der Waals surface area contributed by atoms with Crippen LogP contribution in [0.2, 0.25) is 0 Å². The maximum absolute atomic E-state index is 10.9. The fourth-order valence-corrected chi connectivity index (χ4v) is 2.09. The third kappa shape index (κ3) is 10.4. The predicted octanol–water partition coefficient (Wildman–Crippen LogP) is 3.37. The van der Waals surface area contributed by atoms with Gasteiger partial charge in [-0.3, -0.25) is 0 Å². The highest BCUT2D eigenvalue weighted by atomic mass is 16.2. The first-order chi connectivity index (χ1) is 9.09. The summed E-state index contributed by atoms with van der Waals surface area (Å²) in [6, 6.07) is -1.52. The molecule has 0 unspecified atom stereocenters. The van der Waals surface area contributed by atoms with Crippen LogP contribution < -0.4 is 11.5 Å². The molecule has 4 N–H and O–H groups in total. The van der Waals surface area contributed by atoms with Crippen molar-refractivity contribution in [2.24, 2.45) is 11.5 Å². The average Bonchev–Trinajstić information content (AvgIpc) is 2.35. The van der Waals surface area contributed by atoms with Gasteiger partial charge in [-0.15, -0.1) is 0 Å². The minimum atomic E-state index is -0.761. The number of imide groups is 1. The Kier molecular flexibility index (Phi) is 11.0.